The summed E-state index contributed by atoms with van der Waals surface area (Å²) in [6.07, 6.45) is 4.80. The quantitative estimate of drug-likeness (QED) is 0.455. The van der Waals surface area contributed by atoms with Gasteiger partial charge in [-0.05, 0) is 49.9 Å². The molecule has 3 aromatic rings. The number of nitrogens with zero attached hydrogens (tertiary/aromatic N) is 4. The van der Waals surface area contributed by atoms with E-state index in [4.69, 9.17) is 14.2 Å². The highest BCUT2D eigenvalue weighted by molar-refractivity contribution is 7.18. The summed E-state index contributed by atoms with van der Waals surface area (Å²) in [5, 5.41) is 4.99. The van der Waals surface area contributed by atoms with Gasteiger partial charge in [0.05, 0.1) is 30.8 Å². The lowest BCUT2D eigenvalue weighted by atomic mass is 9.94. The van der Waals surface area contributed by atoms with Crippen molar-refractivity contribution in [1.29, 1.82) is 0 Å². The molecule has 0 saturated carbocycles. The maximum atomic E-state index is 6.07. The number of nitrogens with one attached hydrogen (secondary N) is 1. The van der Waals surface area contributed by atoms with Gasteiger partial charge in [0.15, 0.2) is 0 Å². The van der Waals surface area contributed by atoms with E-state index >= 15 is 0 Å². The zero-order valence-electron chi connectivity index (χ0n) is 22.6. The van der Waals surface area contributed by atoms with E-state index in [0.717, 1.165) is 88.1 Å². The number of ether oxygens (including phenoxy) is 3. The minimum atomic E-state index is -0.148. The standard InChI is InChI=1S/C29H39N5O3S/c1-29(2)17-24-25(19-37-29)38-28-26(24)27(30-20-31-28)32-22-6-8-34(9-7-22)18-21-4-3-5-23(16-21)36-15-12-33-10-13-35-14-11-33/h3-5,16,20,22H,6-15,17-19H2,1-2H3,(H,30,31,32). The van der Waals surface area contributed by atoms with Crippen molar-refractivity contribution in [2.45, 2.75) is 57.9 Å². The third kappa shape index (κ3) is 6.13. The first-order chi connectivity index (χ1) is 18.5. The normalized spacial score (nSPS) is 20.9. The van der Waals surface area contributed by atoms with E-state index in [0.29, 0.717) is 19.3 Å². The molecule has 0 aliphatic carbocycles. The molecule has 0 spiro atoms. The second-order valence-electron chi connectivity index (χ2n) is 11.3. The number of anilines is 1. The monoisotopic (exact) mass is 537 g/mol. The number of hydrogen-bond donors (Lipinski definition) is 1. The summed E-state index contributed by atoms with van der Waals surface area (Å²) in [6, 6.07) is 9.01. The Morgan fingerprint density at radius 2 is 1.95 bits per heavy atom. The maximum Gasteiger partial charge on any atom is 0.138 e. The van der Waals surface area contributed by atoms with E-state index in [-0.39, 0.29) is 5.60 Å². The van der Waals surface area contributed by atoms with Crippen LogP contribution in [0.15, 0.2) is 30.6 Å². The Bertz CT molecular complexity index is 1230. The van der Waals surface area contributed by atoms with Crippen LogP contribution in [0.5, 0.6) is 5.75 Å². The summed E-state index contributed by atoms with van der Waals surface area (Å²) < 4.78 is 17.5. The predicted octanol–water partition coefficient (Wildman–Crippen LogP) is 4.33. The van der Waals surface area contributed by atoms with Gasteiger partial charge in [-0.2, -0.15) is 0 Å². The molecule has 1 N–H and O–H groups in total. The molecule has 0 bridgehead atoms. The molecular formula is C29H39N5O3S. The average molecular weight is 538 g/mol. The number of piperidine rings is 1. The first-order valence-electron chi connectivity index (χ1n) is 13.9. The highest BCUT2D eigenvalue weighted by Gasteiger charge is 2.31. The fourth-order valence-corrected chi connectivity index (χ4v) is 6.80. The Morgan fingerprint density at radius 3 is 2.79 bits per heavy atom. The van der Waals surface area contributed by atoms with Crippen molar-refractivity contribution < 1.29 is 14.2 Å². The maximum absolute atomic E-state index is 6.07. The number of aromatic nitrogens is 2. The summed E-state index contributed by atoms with van der Waals surface area (Å²) in [6.45, 7) is 13.4. The molecule has 8 nitrogen and oxygen atoms in total. The molecule has 3 aliphatic heterocycles. The topological polar surface area (TPSA) is 72.0 Å². The Labute approximate surface area is 229 Å². The molecule has 6 rings (SSSR count). The molecule has 9 heteroatoms. The molecule has 204 valence electrons. The van der Waals surface area contributed by atoms with Gasteiger partial charge in [-0.15, -0.1) is 11.3 Å². The van der Waals surface area contributed by atoms with Gasteiger partial charge in [-0.3, -0.25) is 9.80 Å². The van der Waals surface area contributed by atoms with Crippen LogP contribution >= 0.6 is 11.3 Å². The number of rotatable bonds is 8. The van der Waals surface area contributed by atoms with Crippen LogP contribution in [-0.2, 0) is 29.0 Å². The molecule has 2 saturated heterocycles. The molecule has 1 aromatic carbocycles. The van der Waals surface area contributed by atoms with Gasteiger partial charge in [0, 0.05) is 56.6 Å². The van der Waals surface area contributed by atoms with Gasteiger partial charge in [-0.1, -0.05) is 12.1 Å². The van der Waals surface area contributed by atoms with Crippen molar-refractivity contribution in [3.05, 3.63) is 46.6 Å². The molecule has 0 atom stereocenters. The van der Waals surface area contributed by atoms with Crippen molar-refractivity contribution >= 4 is 27.4 Å². The Morgan fingerprint density at radius 1 is 1.11 bits per heavy atom. The van der Waals surface area contributed by atoms with Crippen molar-refractivity contribution in [3.63, 3.8) is 0 Å². The minimum absolute atomic E-state index is 0.148. The largest absolute Gasteiger partial charge is 0.492 e. The molecule has 0 unspecified atom stereocenters. The summed E-state index contributed by atoms with van der Waals surface area (Å²) in [7, 11) is 0. The van der Waals surface area contributed by atoms with Gasteiger partial charge in [0.2, 0.25) is 0 Å². The van der Waals surface area contributed by atoms with Crippen molar-refractivity contribution in [1.82, 2.24) is 19.8 Å². The van der Waals surface area contributed by atoms with E-state index in [2.05, 4.69) is 63.2 Å². The SMILES string of the molecule is CC1(C)Cc2c(sc3ncnc(NC4CCN(Cc5cccc(OCCN6CCOCC6)c5)CC4)c23)CO1. The molecule has 38 heavy (non-hydrogen) atoms. The van der Waals surface area contributed by atoms with Crippen LogP contribution in [0.1, 0.15) is 42.7 Å². The lowest BCUT2D eigenvalue weighted by Crippen LogP contribution is -2.39. The third-order valence-electron chi connectivity index (χ3n) is 7.88. The average Bonchev–Trinajstić information content (AvgIpc) is 3.28. The summed E-state index contributed by atoms with van der Waals surface area (Å²) in [5.74, 6) is 1.96. The van der Waals surface area contributed by atoms with Gasteiger partial charge in [0.25, 0.3) is 0 Å². The van der Waals surface area contributed by atoms with Crippen molar-refractivity contribution in [2.24, 2.45) is 0 Å². The molecule has 5 heterocycles. The fourth-order valence-electron chi connectivity index (χ4n) is 5.73. The van der Waals surface area contributed by atoms with Crippen LogP contribution in [0.25, 0.3) is 10.2 Å². The van der Waals surface area contributed by atoms with Crippen molar-refractivity contribution in [2.75, 3.05) is 57.9 Å². The molecule has 3 aliphatic rings. The highest BCUT2D eigenvalue weighted by atomic mass is 32.1. The van der Waals surface area contributed by atoms with Crippen LogP contribution in [0.3, 0.4) is 0 Å². The Hall–Kier alpha value is -2.30. The zero-order valence-corrected chi connectivity index (χ0v) is 23.4. The number of thiophene rings is 1. The van der Waals surface area contributed by atoms with E-state index in [9.17, 15) is 0 Å². The van der Waals surface area contributed by atoms with E-state index in [1.54, 1.807) is 17.7 Å². The van der Waals surface area contributed by atoms with Crippen LogP contribution in [0.4, 0.5) is 5.82 Å². The predicted molar refractivity (Wildman–Crippen MR) is 151 cm³/mol. The third-order valence-corrected chi connectivity index (χ3v) is 8.99. The second-order valence-corrected chi connectivity index (χ2v) is 12.4. The molecule has 2 fully saturated rings. The summed E-state index contributed by atoms with van der Waals surface area (Å²) >= 11 is 1.75. The molecule has 0 radical (unpaired) electrons. The first kappa shape index (κ1) is 26.0. The van der Waals surface area contributed by atoms with Crippen LogP contribution < -0.4 is 10.1 Å². The molecular weight excluding hydrogens is 498 g/mol. The van der Waals surface area contributed by atoms with Gasteiger partial charge in [0.1, 0.15) is 29.3 Å². The van der Waals surface area contributed by atoms with Crippen LogP contribution in [0.2, 0.25) is 0 Å². The van der Waals surface area contributed by atoms with Gasteiger partial charge in [-0.25, -0.2) is 9.97 Å². The fraction of sp³-hybridized carbons (Fsp3) is 0.586. The smallest absolute Gasteiger partial charge is 0.138 e. The highest BCUT2D eigenvalue weighted by Crippen LogP contribution is 2.40. The van der Waals surface area contributed by atoms with Gasteiger partial charge < -0.3 is 19.5 Å². The van der Waals surface area contributed by atoms with Crippen LogP contribution in [0, 0.1) is 0 Å². The van der Waals surface area contributed by atoms with E-state index < -0.39 is 0 Å². The number of benzene rings is 1. The van der Waals surface area contributed by atoms with E-state index in [1.165, 1.54) is 21.4 Å². The second kappa shape index (κ2) is 11.4. The molecule has 0 amide bonds. The minimum Gasteiger partial charge on any atom is -0.492 e. The number of morpholine rings is 1. The number of likely N-dealkylation sites (tertiary alicyclic amines) is 1. The summed E-state index contributed by atoms with van der Waals surface area (Å²) in [4.78, 5) is 16.6. The molecule has 2 aromatic heterocycles. The Kier molecular flexibility index (Phi) is 7.81. The lowest BCUT2D eigenvalue weighted by Gasteiger charge is -2.33. The first-order valence-corrected chi connectivity index (χ1v) is 14.7. The van der Waals surface area contributed by atoms with Crippen molar-refractivity contribution in [3.8, 4) is 5.75 Å². The van der Waals surface area contributed by atoms with E-state index in [1.807, 2.05) is 0 Å². The zero-order chi connectivity index (χ0) is 26.0. The number of fused-ring (bicyclic) bond motifs is 3. The summed E-state index contributed by atoms with van der Waals surface area (Å²) in [5.41, 5.74) is 2.53. The van der Waals surface area contributed by atoms with Crippen LogP contribution in [-0.4, -0.2) is 84.0 Å². The van der Waals surface area contributed by atoms with Gasteiger partial charge >= 0.3 is 0 Å². The Balaban J connectivity index is 1.02. The lowest BCUT2D eigenvalue weighted by molar-refractivity contribution is -0.0379. The number of hydrogen-bond acceptors (Lipinski definition) is 9.